The maximum Gasteiger partial charge on any atom is 1.00 e. The Kier molecular flexibility index (Phi) is 19.9. The number of nitroso groups, excluding NO2 is 1. The smallest absolute Gasteiger partial charge is 0.858 e. The minimum absolute atomic E-state index is 0. The Balaban J connectivity index is 0.000000251. The molecule has 4 heterocycles. The number of hydroxylamine groups is 1. The predicted octanol–water partition coefficient (Wildman–Crippen LogP) is 6.32. The van der Waals surface area contributed by atoms with E-state index < -0.39 is 11.4 Å². The van der Waals surface area contributed by atoms with Crippen LogP contribution >= 0.6 is 0 Å². The highest BCUT2D eigenvalue weighted by atomic mass is 16.6. The molecule has 1 aliphatic rings. The minimum atomic E-state index is -1.49. The highest BCUT2D eigenvalue weighted by Gasteiger charge is 2.53. The first-order valence-electron chi connectivity index (χ1n) is 21.4. The third-order valence-corrected chi connectivity index (χ3v) is 10.3. The number of carbonyl (C=O) groups excluding carboxylic acids is 1. The van der Waals surface area contributed by atoms with Crippen molar-refractivity contribution in [1.82, 2.24) is 34.8 Å². The van der Waals surface area contributed by atoms with Crippen LogP contribution in [0.1, 0.15) is 57.3 Å². The summed E-state index contributed by atoms with van der Waals surface area (Å²) in [7, 11) is 4.27. The zero-order valence-corrected chi connectivity index (χ0v) is 40.8. The molecule has 1 atom stereocenters. The lowest BCUT2D eigenvalue weighted by Gasteiger charge is -2.25. The maximum atomic E-state index is 12.6. The number of aryl methyl sites for hydroxylation is 3. The first-order valence-corrected chi connectivity index (χ1v) is 21.4. The van der Waals surface area contributed by atoms with E-state index in [1.165, 1.54) is 40.4 Å². The van der Waals surface area contributed by atoms with Gasteiger partial charge in [-0.05, 0) is 97.0 Å². The molecule has 0 saturated carbocycles. The van der Waals surface area contributed by atoms with Gasteiger partial charge >= 0.3 is 1.43 Å². The van der Waals surface area contributed by atoms with Crippen molar-refractivity contribution in [2.45, 2.75) is 54.0 Å². The van der Waals surface area contributed by atoms with Crippen molar-refractivity contribution in [2.75, 3.05) is 26.3 Å². The van der Waals surface area contributed by atoms with E-state index in [-0.39, 0.29) is 24.5 Å². The van der Waals surface area contributed by atoms with Gasteiger partial charge in [0, 0.05) is 34.6 Å². The van der Waals surface area contributed by atoms with Crippen LogP contribution in [0.15, 0.2) is 153 Å². The Morgan fingerprint density at radius 1 is 0.648 bits per heavy atom. The normalized spacial score (nSPS) is 14.3. The first kappa shape index (κ1) is 54.6. The van der Waals surface area contributed by atoms with Gasteiger partial charge in [0.25, 0.3) is 11.5 Å². The van der Waals surface area contributed by atoms with Gasteiger partial charge in [0.1, 0.15) is 21.3 Å². The SMILES string of the molecule is CO/N=C(/C)c1c(C)nn(-c2ccccc2)c1[O-].CO/N=C(\C)C1(NO)C(=O)N(c2ccccc2)N=C1C.CO/N=C(\C)c1c(C)nn(-c2ccccc2)c1[O-].Cc1cc(=O)n(-c2ccccc2)[nH]1.N=O.[H+]. The van der Waals surface area contributed by atoms with Crippen molar-refractivity contribution < 1.29 is 36.2 Å². The fourth-order valence-electron chi connectivity index (χ4n) is 7.14. The molecule has 1 amide bonds. The molecule has 0 bridgehead atoms. The maximum absolute atomic E-state index is 12.6. The molecule has 8 rings (SSSR count). The van der Waals surface area contributed by atoms with E-state index >= 15 is 0 Å². The largest absolute Gasteiger partial charge is 1.00 e. The molecule has 1 aliphatic heterocycles. The average molecular weight is 971 g/mol. The molecular weight excluding hydrogens is 915 g/mol. The van der Waals surface area contributed by atoms with Crippen LogP contribution in [0.4, 0.5) is 5.69 Å². The van der Waals surface area contributed by atoms with Crippen LogP contribution in [-0.2, 0) is 19.3 Å². The summed E-state index contributed by atoms with van der Waals surface area (Å²) in [5.74, 6) is -0.809. The van der Waals surface area contributed by atoms with Gasteiger partial charge in [0.2, 0.25) is 5.54 Å². The number of oxime groups is 3. The third-order valence-electron chi connectivity index (χ3n) is 10.3. The van der Waals surface area contributed by atoms with Crippen LogP contribution in [0.25, 0.3) is 17.1 Å². The lowest BCUT2D eigenvalue weighted by atomic mass is 9.90. The molecule has 3 aromatic heterocycles. The van der Waals surface area contributed by atoms with E-state index in [4.69, 9.17) is 19.4 Å². The number of anilines is 1. The Morgan fingerprint density at radius 2 is 1.03 bits per heavy atom. The number of carbonyl (C=O) groups is 1. The van der Waals surface area contributed by atoms with Gasteiger partial charge in [-0.15, -0.1) is 0 Å². The molecule has 0 aliphatic carbocycles. The Hall–Kier alpha value is -9.02. The van der Waals surface area contributed by atoms with Gasteiger partial charge in [-0.2, -0.15) is 30.7 Å². The zero-order chi connectivity index (χ0) is 52.3. The van der Waals surface area contributed by atoms with Gasteiger partial charge in [-0.25, -0.2) is 14.0 Å². The number of benzene rings is 4. The second-order valence-electron chi connectivity index (χ2n) is 15.1. The van der Waals surface area contributed by atoms with E-state index in [1.54, 1.807) is 71.9 Å². The van der Waals surface area contributed by atoms with Crippen molar-refractivity contribution in [3.63, 3.8) is 0 Å². The lowest BCUT2D eigenvalue weighted by molar-refractivity contribution is -0.278. The number of amides is 1. The van der Waals surface area contributed by atoms with E-state index in [9.17, 15) is 25.0 Å². The van der Waals surface area contributed by atoms with E-state index in [1.807, 2.05) is 109 Å². The van der Waals surface area contributed by atoms with Crippen molar-refractivity contribution in [2.24, 2.45) is 20.6 Å². The van der Waals surface area contributed by atoms with Gasteiger partial charge < -0.3 is 29.9 Å². The Morgan fingerprint density at radius 3 is 1.38 bits per heavy atom. The van der Waals surface area contributed by atoms with Crippen LogP contribution in [0.5, 0.6) is 11.8 Å². The predicted molar refractivity (Wildman–Crippen MR) is 267 cm³/mol. The van der Waals surface area contributed by atoms with Gasteiger partial charge in [0.15, 0.2) is 0 Å². The molecule has 0 fully saturated rings. The Labute approximate surface area is 410 Å². The molecule has 4 N–H and O–H groups in total. The van der Waals surface area contributed by atoms with Gasteiger partial charge in [0.05, 0.1) is 57.0 Å². The number of nitrogens with zero attached hydrogens (tertiary/aromatic N) is 10. The van der Waals surface area contributed by atoms with Crippen molar-refractivity contribution >= 4 is 34.4 Å². The second kappa shape index (κ2) is 25.9. The molecular formula is C49H56N13O9-. The van der Waals surface area contributed by atoms with Gasteiger partial charge in [-0.1, -0.05) is 93.9 Å². The molecule has 0 spiro atoms. The monoisotopic (exact) mass is 970 g/mol. The summed E-state index contributed by atoms with van der Waals surface area (Å²) in [6.45, 7) is 12.1. The molecule has 372 valence electrons. The number of hydrogen-bond donors (Lipinski definition) is 4. The number of para-hydroxylation sites is 4. The van der Waals surface area contributed by atoms with Gasteiger partial charge in [-0.3, -0.25) is 14.7 Å². The third kappa shape index (κ3) is 12.8. The molecule has 4 aromatic carbocycles. The van der Waals surface area contributed by atoms with Crippen molar-refractivity contribution in [3.05, 3.63) is 171 Å². The molecule has 22 heteroatoms. The summed E-state index contributed by atoms with van der Waals surface area (Å²) < 4.78 is 4.27. The fourth-order valence-corrected chi connectivity index (χ4v) is 7.14. The lowest BCUT2D eigenvalue weighted by Crippen LogP contribution is -2.61. The van der Waals surface area contributed by atoms with E-state index in [2.05, 4.69) is 41.5 Å². The molecule has 1 unspecified atom stereocenters. The topological polar surface area (TPSA) is 290 Å². The van der Waals surface area contributed by atoms with E-state index in [0.29, 0.717) is 45.3 Å². The molecule has 71 heavy (non-hydrogen) atoms. The van der Waals surface area contributed by atoms with E-state index in [0.717, 1.165) is 22.8 Å². The average Bonchev–Trinajstić information content (AvgIpc) is 4.08. The minimum Gasteiger partial charge on any atom is -0.858 e. The van der Waals surface area contributed by atoms with Crippen LogP contribution in [0, 0.1) is 31.3 Å². The standard InChI is InChI=1S/C13H16N4O3.2C13H15N3O2.C10H10N2O.HNO/c1-9-13(16-19,10(2)15-20-3)12(18)17(14-9)11-7-5-4-6-8-11;2*1-9-12(10(2)15-18-3)13(17)16(14-9)11-7-5-4-6-8-11;1-8-7-10(13)12(11-8)9-5-3-2-4-6-9;1-2/h4-8,16,19H,1-3H3;2*4-8,17H,1-3H3;2-7,11H,1H3;1H/p-1/b2*15-10+;15-10-;;. The van der Waals surface area contributed by atoms with Crippen molar-refractivity contribution in [1.29, 1.82) is 5.59 Å². The molecule has 0 saturated heterocycles. The summed E-state index contributed by atoms with van der Waals surface area (Å²) in [4.78, 5) is 45.6. The quantitative estimate of drug-likeness (QED) is 0.0630. The summed E-state index contributed by atoms with van der Waals surface area (Å²) in [6.07, 6.45) is 0. The molecule has 0 radical (unpaired) electrons. The zero-order valence-electron chi connectivity index (χ0n) is 41.8. The fraction of sp³-hybridized carbons (Fsp3) is 0.224. The number of aromatic nitrogens is 6. The van der Waals surface area contributed by atoms with Crippen LogP contribution in [0.2, 0.25) is 0 Å². The summed E-state index contributed by atoms with van der Waals surface area (Å²) in [5, 5.41) is 62.3. The number of H-pyrrole nitrogens is 1. The van der Waals surface area contributed by atoms with Crippen LogP contribution < -0.4 is 26.3 Å². The number of nitrogens with one attached hydrogen (secondary N) is 3. The summed E-state index contributed by atoms with van der Waals surface area (Å²) in [5.41, 5.74) is 12.8. The molecule has 7 aromatic rings. The number of rotatable bonds is 11. The highest BCUT2D eigenvalue weighted by Crippen LogP contribution is 2.28. The van der Waals surface area contributed by atoms with Crippen LogP contribution in [-0.4, -0.2) is 90.2 Å². The van der Waals surface area contributed by atoms with Crippen molar-refractivity contribution in [3.8, 4) is 28.8 Å². The summed E-state index contributed by atoms with van der Waals surface area (Å²) in [6, 6.07) is 38.6. The molecule has 22 nitrogen and oxygen atoms in total. The Bertz CT molecular complexity index is 2900. The first-order chi connectivity index (χ1) is 34.1. The summed E-state index contributed by atoms with van der Waals surface area (Å²) >= 11 is 0. The highest BCUT2D eigenvalue weighted by molar-refractivity contribution is 6.36. The number of hydrazone groups is 1. The second-order valence-corrected chi connectivity index (χ2v) is 15.1. The number of aromatic amines is 1. The number of hydrogen-bond acceptors (Lipinski definition) is 17. The van der Waals surface area contributed by atoms with Crippen LogP contribution in [0.3, 0.4) is 0 Å².